The number of nitrogens with zero attached hydrogens (tertiary/aromatic N) is 1. The molecule has 0 unspecified atom stereocenters. The minimum absolute atomic E-state index is 0.222. The third-order valence-corrected chi connectivity index (χ3v) is 5.89. The highest BCUT2D eigenvalue weighted by atomic mass is 79.9. The summed E-state index contributed by atoms with van der Waals surface area (Å²) in [4.78, 5) is 12.7. The number of ether oxygens (including phenoxy) is 1. The van der Waals surface area contributed by atoms with Gasteiger partial charge in [0.25, 0.3) is 0 Å². The van der Waals surface area contributed by atoms with E-state index in [0.29, 0.717) is 5.88 Å². The standard InChI is InChI=1S/C21H25BrClNO2/c1-26-21(25)19-17-7-3-4-8-18(17)24(14-6-2-5-13-23)20(19)15-9-11-16(22)12-10-15/h9-12H,2-8,13-14H2,1H3. The number of methoxy groups -OCH3 is 1. The maximum Gasteiger partial charge on any atom is 0.340 e. The van der Waals surface area contributed by atoms with Gasteiger partial charge in [-0.25, -0.2) is 4.79 Å². The Labute approximate surface area is 168 Å². The second kappa shape index (κ2) is 9.09. The van der Waals surface area contributed by atoms with Crippen LogP contribution in [0.2, 0.25) is 0 Å². The molecular weight excluding hydrogens is 414 g/mol. The molecule has 3 rings (SSSR count). The number of carbonyl (C=O) groups is 1. The number of benzene rings is 1. The molecule has 1 aliphatic carbocycles. The molecule has 0 saturated heterocycles. The van der Waals surface area contributed by atoms with Crippen LogP contribution < -0.4 is 0 Å². The lowest BCUT2D eigenvalue weighted by molar-refractivity contribution is 0.0600. The van der Waals surface area contributed by atoms with Crippen molar-refractivity contribution in [2.45, 2.75) is 51.5 Å². The van der Waals surface area contributed by atoms with Gasteiger partial charge in [0.05, 0.1) is 18.4 Å². The van der Waals surface area contributed by atoms with Gasteiger partial charge in [-0.15, -0.1) is 11.6 Å². The Balaban J connectivity index is 2.11. The highest BCUT2D eigenvalue weighted by molar-refractivity contribution is 9.10. The predicted molar refractivity (Wildman–Crippen MR) is 110 cm³/mol. The van der Waals surface area contributed by atoms with Crippen LogP contribution in [0.25, 0.3) is 11.3 Å². The van der Waals surface area contributed by atoms with E-state index in [9.17, 15) is 4.79 Å². The van der Waals surface area contributed by atoms with Crippen molar-refractivity contribution in [2.24, 2.45) is 0 Å². The number of hydrogen-bond donors (Lipinski definition) is 0. The molecule has 1 aliphatic rings. The summed E-state index contributed by atoms with van der Waals surface area (Å²) in [6.07, 6.45) is 7.50. The first-order valence-electron chi connectivity index (χ1n) is 9.31. The second-order valence-electron chi connectivity index (χ2n) is 6.76. The molecule has 0 N–H and O–H groups in total. The molecule has 0 bridgehead atoms. The number of aromatic nitrogens is 1. The van der Waals surface area contributed by atoms with Crippen LogP contribution in [0.1, 0.15) is 53.7 Å². The van der Waals surface area contributed by atoms with E-state index in [-0.39, 0.29) is 5.97 Å². The Kier molecular flexibility index (Phi) is 6.82. The normalized spacial score (nSPS) is 13.5. The number of carbonyl (C=O) groups excluding carboxylic acids is 1. The minimum Gasteiger partial charge on any atom is -0.465 e. The predicted octanol–water partition coefficient (Wildman–Crippen LogP) is 5.99. The molecule has 5 heteroatoms. The lowest BCUT2D eigenvalue weighted by Gasteiger charge is -2.17. The molecule has 1 heterocycles. The quantitative estimate of drug-likeness (QED) is 0.302. The molecule has 0 radical (unpaired) electrons. The van der Waals surface area contributed by atoms with Crippen LogP contribution >= 0.6 is 27.5 Å². The number of esters is 1. The van der Waals surface area contributed by atoms with Crippen molar-refractivity contribution in [2.75, 3.05) is 13.0 Å². The fourth-order valence-electron chi connectivity index (χ4n) is 3.89. The molecule has 1 aromatic carbocycles. The maximum absolute atomic E-state index is 12.7. The fourth-order valence-corrected chi connectivity index (χ4v) is 4.34. The highest BCUT2D eigenvalue weighted by Gasteiger charge is 2.29. The molecule has 0 aliphatic heterocycles. The lowest BCUT2D eigenvalue weighted by Crippen LogP contribution is -2.10. The smallest absolute Gasteiger partial charge is 0.340 e. The van der Waals surface area contributed by atoms with Crippen LogP contribution in [-0.4, -0.2) is 23.5 Å². The number of fused-ring (bicyclic) bond motifs is 1. The summed E-state index contributed by atoms with van der Waals surface area (Å²) in [5.74, 6) is 0.483. The SMILES string of the molecule is COC(=O)c1c2c(n(CCCCCCl)c1-c1ccc(Br)cc1)CCCC2. The topological polar surface area (TPSA) is 31.2 Å². The van der Waals surface area contributed by atoms with E-state index >= 15 is 0 Å². The molecular formula is C21H25BrClNO2. The van der Waals surface area contributed by atoms with Gasteiger partial charge in [0.1, 0.15) is 0 Å². The van der Waals surface area contributed by atoms with Gasteiger partial charge in [0, 0.05) is 22.6 Å². The van der Waals surface area contributed by atoms with Crippen molar-refractivity contribution < 1.29 is 9.53 Å². The third-order valence-electron chi connectivity index (χ3n) is 5.10. The molecule has 2 aromatic rings. The highest BCUT2D eigenvalue weighted by Crippen LogP contribution is 2.37. The van der Waals surface area contributed by atoms with Gasteiger partial charge >= 0.3 is 5.97 Å². The van der Waals surface area contributed by atoms with Crippen LogP contribution in [0, 0.1) is 0 Å². The Hall–Kier alpha value is -1.26. The van der Waals surface area contributed by atoms with E-state index in [1.165, 1.54) is 24.8 Å². The largest absolute Gasteiger partial charge is 0.465 e. The van der Waals surface area contributed by atoms with Gasteiger partial charge in [-0.05, 0) is 61.8 Å². The monoisotopic (exact) mass is 437 g/mol. The molecule has 1 aromatic heterocycles. The van der Waals surface area contributed by atoms with Gasteiger partial charge in [-0.2, -0.15) is 0 Å². The van der Waals surface area contributed by atoms with Gasteiger partial charge in [0.2, 0.25) is 0 Å². The Morgan fingerprint density at radius 1 is 1.15 bits per heavy atom. The van der Waals surface area contributed by atoms with Crippen LogP contribution in [0.5, 0.6) is 0 Å². The molecule has 0 fully saturated rings. The molecule has 0 spiro atoms. The molecule has 3 nitrogen and oxygen atoms in total. The van der Waals surface area contributed by atoms with Gasteiger partial charge < -0.3 is 9.30 Å². The number of unbranched alkanes of at least 4 members (excludes halogenated alkanes) is 2. The Bertz CT molecular complexity index is 767. The summed E-state index contributed by atoms with van der Waals surface area (Å²) >= 11 is 9.34. The summed E-state index contributed by atoms with van der Waals surface area (Å²) in [5, 5.41) is 0. The summed E-state index contributed by atoms with van der Waals surface area (Å²) in [6, 6.07) is 8.21. The lowest BCUT2D eigenvalue weighted by atomic mass is 9.93. The summed E-state index contributed by atoms with van der Waals surface area (Å²) in [7, 11) is 1.47. The van der Waals surface area contributed by atoms with E-state index in [1.54, 1.807) is 0 Å². The van der Waals surface area contributed by atoms with Gasteiger partial charge in [-0.1, -0.05) is 34.5 Å². The first-order chi connectivity index (χ1) is 12.7. The zero-order valence-corrected chi connectivity index (χ0v) is 17.5. The van der Waals surface area contributed by atoms with Gasteiger partial charge in [-0.3, -0.25) is 0 Å². The van der Waals surface area contributed by atoms with Crippen molar-refractivity contribution in [3.63, 3.8) is 0 Å². The second-order valence-corrected chi connectivity index (χ2v) is 8.05. The average Bonchev–Trinajstić information content (AvgIpc) is 2.99. The maximum atomic E-state index is 12.7. The van der Waals surface area contributed by atoms with Crippen molar-refractivity contribution in [3.05, 3.63) is 45.6 Å². The Morgan fingerprint density at radius 2 is 1.88 bits per heavy atom. The average molecular weight is 439 g/mol. The van der Waals surface area contributed by atoms with Crippen LogP contribution in [-0.2, 0) is 24.1 Å². The molecule has 0 amide bonds. The van der Waals surface area contributed by atoms with Crippen LogP contribution in [0.4, 0.5) is 0 Å². The minimum atomic E-state index is -0.222. The van der Waals surface area contributed by atoms with E-state index < -0.39 is 0 Å². The zero-order valence-electron chi connectivity index (χ0n) is 15.2. The molecule has 0 saturated carbocycles. The van der Waals surface area contributed by atoms with E-state index in [4.69, 9.17) is 16.3 Å². The number of rotatable bonds is 7. The van der Waals surface area contributed by atoms with E-state index in [2.05, 4.69) is 32.6 Å². The van der Waals surface area contributed by atoms with Crippen LogP contribution in [0.15, 0.2) is 28.7 Å². The van der Waals surface area contributed by atoms with E-state index in [0.717, 1.165) is 66.4 Å². The van der Waals surface area contributed by atoms with Crippen molar-refractivity contribution in [1.82, 2.24) is 4.57 Å². The fraction of sp³-hybridized carbons (Fsp3) is 0.476. The van der Waals surface area contributed by atoms with E-state index in [1.807, 2.05) is 12.1 Å². The molecule has 0 atom stereocenters. The number of halogens is 2. The van der Waals surface area contributed by atoms with Crippen molar-refractivity contribution in [1.29, 1.82) is 0 Å². The number of hydrogen-bond acceptors (Lipinski definition) is 2. The number of alkyl halides is 1. The first-order valence-corrected chi connectivity index (χ1v) is 10.6. The van der Waals surface area contributed by atoms with Crippen molar-refractivity contribution >= 4 is 33.5 Å². The zero-order chi connectivity index (χ0) is 18.5. The van der Waals surface area contributed by atoms with Crippen molar-refractivity contribution in [3.8, 4) is 11.3 Å². The molecule has 140 valence electrons. The molecule has 26 heavy (non-hydrogen) atoms. The third kappa shape index (κ3) is 4.01. The summed E-state index contributed by atoms with van der Waals surface area (Å²) in [6.45, 7) is 0.918. The summed E-state index contributed by atoms with van der Waals surface area (Å²) in [5.41, 5.74) is 5.36. The van der Waals surface area contributed by atoms with Gasteiger partial charge in [0.15, 0.2) is 0 Å². The van der Waals surface area contributed by atoms with Crippen LogP contribution in [0.3, 0.4) is 0 Å². The first kappa shape index (κ1) is 19.5. The summed E-state index contributed by atoms with van der Waals surface area (Å²) < 4.78 is 8.57. The Morgan fingerprint density at radius 3 is 2.58 bits per heavy atom.